The molecular formula is C23H24F4N4O3S. The van der Waals surface area contributed by atoms with E-state index in [1.54, 1.807) is 6.92 Å². The molecule has 1 aromatic heterocycles. The number of para-hydroxylation sites is 2. The molecule has 188 valence electrons. The molecule has 3 aromatic rings. The smallest absolute Gasteiger partial charge is 0.483 e. The summed E-state index contributed by atoms with van der Waals surface area (Å²) in [5.41, 5.74) is -0.0962. The zero-order chi connectivity index (χ0) is 25.6. The molecule has 1 N–H and O–H groups in total. The second-order valence-corrected chi connectivity index (χ2v) is 8.88. The van der Waals surface area contributed by atoms with Crippen molar-refractivity contribution in [2.45, 2.75) is 44.9 Å². The number of halogens is 4. The number of carbonyl (C=O) groups excluding carboxylic acids is 1. The van der Waals surface area contributed by atoms with Crippen LogP contribution in [0.3, 0.4) is 0 Å². The zero-order valence-electron chi connectivity index (χ0n) is 19.2. The van der Waals surface area contributed by atoms with Crippen LogP contribution < -0.4 is 14.8 Å². The lowest BCUT2D eigenvalue weighted by atomic mass is 10.2. The molecule has 0 bridgehead atoms. The van der Waals surface area contributed by atoms with Crippen molar-refractivity contribution in [3.8, 4) is 11.5 Å². The number of ether oxygens (including phenoxy) is 2. The summed E-state index contributed by atoms with van der Waals surface area (Å²) in [7, 11) is 0. The molecule has 0 aliphatic rings. The fourth-order valence-corrected chi connectivity index (χ4v) is 3.87. The SMILES string of the molecule is CC(C)Cn1c(SCC(=O)Nc2ccccc2OC(F)(F)F)nnc1C(C)Oc1ccc(F)cc1. The van der Waals surface area contributed by atoms with Crippen molar-refractivity contribution in [1.29, 1.82) is 0 Å². The summed E-state index contributed by atoms with van der Waals surface area (Å²) in [4.78, 5) is 12.5. The van der Waals surface area contributed by atoms with Crippen LogP contribution in [0.25, 0.3) is 0 Å². The van der Waals surface area contributed by atoms with E-state index in [0.29, 0.717) is 23.3 Å². The molecule has 0 saturated carbocycles. The Morgan fingerprint density at radius 3 is 2.43 bits per heavy atom. The van der Waals surface area contributed by atoms with E-state index in [0.717, 1.165) is 17.8 Å². The van der Waals surface area contributed by atoms with E-state index < -0.39 is 24.1 Å². The highest BCUT2D eigenvalue weighted by Crippen LogP contribution is 2.30. The Morgan fingerprint density at radius 2 is 1.77 bits per heavy atom. The molecule has 0 fully saturated rings. The van der Waals surface area contributed by atoms with Gasteiger partial charge in [0, 0.05) is 6.54 Å². The van der Waals surface area contributed by atoms with Gasteiger partial charge in [-0.2, -0.15) is 0 Å². The largest absolute Gasteiger partial charge is 0.573 e. The zero-order valence-corrected chi connectivity index (χ0v) is 20.0. The Hall–Kier alpha value is -3.28. The number of alkyl halides is 3. The van der Waals surface area contributed by atoms with Crippen molar-refractivity contribution in [2.75, 3.05) is 11.1 Å². The molecule has 7 nitrogen and oxygen atoms in total. The molecule has 12 heteroatoms. The highest BCUT2D eigenvalue weighted by molar-refractivity contribution is 7.99. The molecule has 1 heterocycles. The summed E-state index contributed by atoms with van der Waals surface area (Å²) >= 11 is 1.09. The molecule has 0 saturated heterocycles. The van der Waals surface area contributed by atoms with E-state index in [9.17, 15) is 22.4 Å². The van der Waals surface area contributed by atoms with Crippen LogP contribution in [0, 0.1) is 11.7 Å². The lowest BCUT2D eigenvalue weighted by Crippen LogP contribution is -2.20. The van der Waals surface area contributed by atoms with Crippen molar-refractivity contribution in [3.05, 3.63) is 60.2 Å². The normalized spacial score (nSPS) is 12.5. The van der Waals surface area contributed by atoms with E-state index in [4.69, 9.17) is 4.74 Å². The summed E-state index contributed by atoms with van der Waals surface area (Å²) in [6, 6.07) is 10.9. The first-order valence-electron chi connectivity index (χ1n) is 10.6. The maximum atomic E-state index is 13.2. The van der Waals surface area contributed by atoms with E-state index in [2.05, 4.69) is 20.3 Å². The molecule has 35 heavy (non-hydrogen) atoms. The van der Waals surface area contributed by atoms with Crippen molar-refractivity contribution in [1.82, 2.24) is 14.8 Å². The van der Waals surface area contributed by atoms with Gasteiger partial charge in [0.15, 0.2) is 22.8 Å². The summed E-state index contributed by atoms with van der Waals surface area (Å²) in [6.45, 7) is 6.34. The predicted octanol–water partition coefficient (Wildman–Crippen LogP) is 5.84. The number of nitrogens with zero attached hydrogens (tertiary/aromatic N) is 3. The van der Waals surface area contributed by atoms with Crippen LogP contribution in [0.5, 0.6) is 11.5 Å². The van der Waals surface area contributed by atoms with Crippen molar-refractivity contribution >= 4 is 23.4 Å². The molecule has 1 atom stereocenters. The molecule has 0 spiro atoms. The molecule has 0 aliphatic carbocycles. The molecule has 1 unspecified atom stereocenters. The molecule has 1 amide bonds. The Balaban J connectivity index is 1.69. The number of hydrogen-bond acceptors (Lipinski definition) is 6. The summed E-state index contributed by atoms with van der Waals surface area (Å²) in [5.74, 6) is -0.329. The Morgan fingerprint density at radius 1 is 1.09 bits per heavy atom. The number of anilines is 1. The quantitative estimate of drug-likeness (QED) is 0.272. The molecule has 0 aliphatic heterocycles. The lowest BCUT2D eigenvalue weighted by molar-refractivity contribution is -0.274. The number of thioether (sulfide) groups is 1. The monoisotopic (exact) mass is 512 g/mol. The highest BCUT2D eigenvalue weighted by atomic mass is 32.2. The lowest BCUT2D eigenvalue weighted by Gasteiger charge is -2.18. The van der Waals surface area contributed by atoms with Gasteiger partial charge < -0.3 is 19.4 Å². The standard InChI is InChI=1S/C23H24F4N4O3S/c1-14(2)12-31-21(15(3)33-17-10-8-16(24)9-11-17)29-30-22(31)35-13-20(32)28-18-6-4-5-7-19(18)34-23(25,26)27/h4-11,14-15H,12-13H2,1-3H3,(H,28,32). The van der Waals surface area contributed by atoms with Gasteiger partial charge in [0.25, 0.3) is 0 Å². The second-order valence-electron chi connectivity index (χ2n) is 7.94. The van der Waals surface area contributed by atoms with Crippen molar-refractivity contribution < 1.29 is 31.8 Å². The van der Waals surface area contributed by atoms with E-state index >= 15 is 0 Å². The molecular weight excluding hydrogens is 488 g/mol. The average molecular weight is 513 g/mol. The van der Waals surface area contributed by atoms with Crippen LogP contribution in [-0.4, -0.2) is 32.8 Å². The van der Waals surface area contributed by atoms with E-state index in [-0.39, 0.29) is 23.2 Å². The minimum atomic E-state index is -4.88. The third-order valence-corrected chi connectivity index (χ3v) is 5.47. The Labute approximate surface area is 203 Å². The van der Waals surface area contributed by atoms with Gasteiger partial charge in [-0.05, 0) is 49.2 Å². The molecule has 3 rings (SSSR count). The average Bonchev–Trinajstić information content (AvgIpc) is 3.16. The number of benzene rings is 2. The van der Waals surface area contributed by atoms with Crippen LogP contribution in [-0.2, 0) is 11.3 Å². The van der Waals surface area contributed by atoms with E-state index in [1.165, 1.54) is 42.5 Å². The van der Waals surface area contributed by atoms with Crippen LogP contribution in [0.4, 0.5) is 23.2 Å². The van der Waals surface area contributed by atoms with Gasteiger partial charge in [-0.3, -0.25) is 4.79 Å². The number of aromatic nitrogens is 3. The van der Waals surface area contributed by atoms with Gasteiger partial charge in [-0.15, -0.1) is 23.4 Å². The van der Waals surface area contributed by atoms with Gasteiger partial charge in [-0.25, -0.2) is 4.39 Å². The van der Waals surface area contributed by atoms with Gasteiger partial charge in [0.05, 0.1) is 11.4 Å². The van der Waals surface area contributed by atoms with Crippen molar-refractivity contribution in [3.63, 3.8) is 0 Å². The maximum absolute atomic E-state index is 13.2. The first-order chi connectivity index (χ1) is 16.5. The fourth-order valence-electron chi connectivity index (χ4n) is 3.11. The maximum Gasteiger partial charge on any atom is 0.573 e. The Kier molecular flexibility index (Phi) is 8.60. The highest BCUT2D eigenvalue weighted by Gasteiger charge is 2.32. The summed E-state index contributed by atoms with van der Waals surface area (Å²) < 4.78 is 62.7. The van der Waals surface area contributed by atoms with Crippen LogP contribution in [0.2, 0.25) is 0 Å². The first kappa shape index (κ1) is 26.3. The minimum Gasteiger partial charge on any atom is -0.483 e. The summed E-state index contributed by atoms with van der Waals surface area (Å²) in [5, 5.41) is 11.3. The predicted molar refractivity (Wildman–Crippen MR) is 123 cm³/mol. The number of hydrogen-bond donors (Lipinski definition) is 1. The number of amides is 1. The third kappa shape index (κ3) is 7.88. The minimum absolute atomic E-state index is 0.0962. The van der Waals surface area contributed by atoms with Gasteiger partial charge in [0.1, 0.15) is 11.6 Å². The van der Waals surface area contributed by atoms with Gasteiger partial charge >= 0.3 is 6.36 Å². The topological polar surface area (TPSA) is 78.3 Å². The number of carbonyl (C=O) groups is 1. The second kappa shape index (κ2) is 11.4. The van der Waals surface area contributed by atoms with Gasteiger partial charge in [-0.1, -0.05) is 37.7 Å². The Bertz CT molecular complexity index is 1140. The van der Waals surface area contributed by atoms with Gasteiger partial charge in [0.2, 0.25) is 5.91 Å². The number of nitrogens with one attached hydrogen (secondary N) is 1. The van der Waals surface area contributed by atoms with Crippen LogP contribution in [0.15, 0.2) is 53.7 Å². The first-order valence-corrected chi connectivity index (χ1v) is 11.6. The van der Waals surface area contributed by atoms with Crippen LogP contribution >= 0.6 is 11.8 Å². The third-order valence-electron chi connectivity index (χ3n) is 4.50. The fraction of sp³-hybridized carbons (Fsp3) is 0.348. The molecule has 2 aromatic carbocycles. The number of rotatable bonds is 10. The van der Waals surface area contributed by atoms with Crippen LogP contribution in [0.1, 0.15) is 32.7 Å². The van der Waals surface area contributed by atoms with Crippen molar-refractivity contribution in [2.24, 2.45) is 5.92 Å². The van der Waals surface area contributed by atoms with E-state index in [1.807, 2.05) is 18.4 Å². The summed E-state index contributed by atoms with van der Waals surface area (Å²) in [6.07, 6.45) is -5.40. The molecule has 0 radical (unpaired) electrons.